The molecule has 0 unspecified atom stereocenters. The molecule has 1 aromatic heterocycles. The smallest absolute Gasteiger partial charge is 0.206 e. The summed E-state index contributed by atoms with van der Waals surface area (Å²) in [5.41, 5.74) is 7.80. The van der Waals surface area contributed by atoms with E-state index in [0.29, 0.717) is 5.69 Å². The van der Waals surface area contributed by atoms with Crippen molar-refractivity contribution in [1.29, 1.82) is 0 Å². The zero-order chi connectivity index (χ0) is 16.3. The second-order valence-electron chi connectivity index (χ2n) is 4.96. The highest BCUT2D eigenvalue weighted by Crippen LogP contribution is 2.24. The van der Waals surface area contributed by atoms with Crippen molar-refractivity contribution >= 4 is 26.9 Å². The van der Waals surface area contributed by atoms with E-state index < -0.39 is 9.84 Å². The van der Waals surface area contributed by atoms with Crippen molar-refractivity contribution in [2.75, 3.05) is 11.1 Å². The maximum absolute atomic E-state index is 12.5. The first-order valence-electron chi connectivity index (χ1n) is 6.93. The highest BCUT2D eigenvalue weighted by molar-refractivity contribution is 7.91. The summed E-state index contributed by atoms with van der Waals surface area (Å²) in [6.07, 6.45) is 3.37. The van der Waals surface area contributed by atoms with Gasteiger partial charge in [0.05, 0.1) is 9.79 Å². The number of nitrogen functional groups attached to an aromatic ring is 1. The number of nitrogens with zero attached hydrogens (tertiary/aromatic N) is 1. The molecule has 0 aliphatic carbocycles. The molecule has 0 fully saturated rings. The fourth-order valence-electron chi connectivity index (χ4n) is 2.10. The molecule has 0 amide bonds. The van der Waals surface area contributed by atoms with Gasteiger partial charge < -0.3 is 11.1 Å². The molecule has 116 valence electrons. The van der Waals surface area contributed by atoms with Crippen molar-refractivity contribution in [3.05, 3.63) is 73.1 Å². The van der Waals surface area contributed by atoms with Crippen LogP contribution in [0.2, 0.25) is 0 Å². The minimum absolute atomic E-state index is 0.224. The van der Waals surface area contributed by atoms with Gasteiger partial charge in [-0.25, -0.2) is 8.42 Å². The summed E-state index contributed by atoms with van der Waals surface area (Å²) in [6, 6.07) is 16.4. The van der Waals surface area contributed by atoms with Gasteiger partial charge in [0, 0.05) is 29.5 Å². The van der Waals surface area contributed by atoms with Gasteiger partial charge in [-0.2, -0.15) is 0 Å². The number of hydrogen-bond acceptors (Lipinski definition) is 5. The summed E-state index contributed by atoms with van der Waals surface area (Å²) < 4.78 is 25.1. The first-order valence-corrected chi connectivity index (χ1v) is 8.42. The van der Waals surface area contributed by atoms with Crippen molar-refractivity contribution < 1.29 is 8.42 Å². The van der Waals surface area contributed by atoms with Gasteiger partial charge >= 0.3 is 0 Å². The van der Waals surface area contributed by atoms with E-state index in [2.05, 4.69) is 10.3 Å². The molecule has 0 radical (unpaired) electrons. The molecule has 0 saturated carbocycles. The van der Waals surface area contributed by atoms with E-state index in [-0.39, 0.29) is 9.79 Å². The van der Waals surface area contributed by atoms with Crippen LogP contribution in [-0.2, 0) is 9.84 Å². The Balaban J connectivity index is 1.85. The number of benzene rings is 2. The quantitative estimate of drug-likeness (QED) is 0.719. The molecule has 23 heavy (non-hydrogen) atoms. The fraction of sp³-hybridized carbons (Fsp3) is 0. The number of aromatic nitrogens is 1. The van der Waals surface area contributed by atoms with Crippen LogP contribution in [0.15, 0.2) is 82.8 Å². The van der Waals surface area contributed by atoms with E-state index in [9.17, 15) is 8.42 Å². The summed E-state index contributed by atoms with van der Waals surface area (Å²) in [6.45, 7) is 0. The average Bonchev–Trinajstić information content (AvgIpc) is 2.57. The van der Waals surface area contributed by atoms with Crippen LogP contribution >= 0.6 is 0 Å². The molecular formula is C17H15N3O2S. The maximum atomic E-state index is 12.5. The molecule has 6 heteroatoms. The topological polar surface area (TPSA) is 85.1 Å². The monoisotopic (exact) mass is 325 g/mol. The normalized spacial score (nSPS) is 11.1. The summed E-state index contributed by atoms with van der Waals surface area (Å²) in [7, 11) is -3.54. The van der Waals surface area contributed by atoms with Crippen LogP contribution in [-0.4, -0.2) is 13.4 Å². The number of anilines is 3. The van der Waals surface area contributed by atoms with E-state index in [4.69, 9.17) is 5.73 Å². The van der Waals surface area contributed by atoms with Crippen molar-refractivity contribution in [1.82, 2.24) is 4.98 Å². The fourth-order valence-corrected chi connectivity index (χ4v) is 3.36. The molecule has 0 aliphatic rings. The Bertz CT molecular complexity index is 891. The van der Waals surface area contributed by atoms with Crippen molar-refractivity contribution in [3.63, 3.8) is 0 Å². The Kier molecular flexibility index (Phi) is 3.99. The lowest BCUT2D eigenvalue weighted by molar-refractivity contribution is 0.596. The van der Waals surface area contributed by atoms with Gasteiger partial charge in [-0.1, -0.05) is 0 Å². The lowest BCUT2D eigenvalue weighted by atomic mass is 10.3. The number of pyridine rings is 1. The maximum Gasteiger partial charge on any atom is 0.206 e. The van der Waals surface area contributed by atoms with Crippen LogP contribution in [0.4, 0.5) is 17.1 Å². The summed E-state index contributed by atoms with van der Waals surface area (Å²) in [5, 5.41) is 3.18. The molecule has 0 spiro atoms. The largest absolute Gasteiger partial charge is 0.399 e. The number of sulfone groups is 1. The van der Waals surface area contributed by atoms with Gasteiger partial charge in [-0.05, 0) is 60.7 Å². The lowest BCUT2D eigenvalue weighted by Crippen LogP contribution is -2.02. The SMILES string of the molecule is Nc1ccc(S(=O)(=O)c2ccc(Nc3ccncc3)cc2)cc1. The first-order chi connectivity index (χ1) is 11.1. The Morgan fingerprint density at radius 1 is 0.739 bits per heavy atom. The van der Waals surface area contributed by atoms with Crippen LogP contribution in [0.1, 0.15) is 0 Å². The minimum atomic E-state index is -3.54. The Labute approximate surface area is 134 Å². The van der Waals surface area contributed by atoms with Gasteiger partial charge in [0.2, 0.25) is 9.84 Å². The average molecular weight is 325 g/mol. The molecule has 3 aromatic rings. The second kappa shape index (κ2) is 6.10. The van der Waals surface area contributed by atoms with Crippen molar-refractivity contribution in [2.45, 2.75) is 9.79 Å². The second-order valence-corrected chi connectivity index (χ2v) is 6.91. The van der Waals surface area contributed by atoms with Gasteiger partial charge in [0.1, 0.15) is 0 Å². The molecule has 2 aromatic carbocycles. The van der Waals surface area contributed by atoms with Crippen molar-refractivity contribution in [2.24, 2.45) is 0 Å². The molecular weight excluding hydrogens is 310 g/mol. The van der Waals surface area contributed by atoms with Crippen LogP contribution in [0.3, 0.4) is 0 Å². The molecule has 1 heterocycles. The lowest BCUT2D eigenvalue weighted by Gasteiger charge is -2.08. The summed E-state index contributed by atoms with van der Waals surface area (Å²) >= 11 is 0. The van der Waals surface area contributed by atoms with E-state index >= 15 is 0 Å². The molecule has 0 bridgehead atoms. The number of hydrogen-bond donors (Lipinski definition) is 2. The third-order valence-corrected chi connectivity index (χ3v) is 5.11. The highest BCUT2D eigenvalue weighted by Gasteiger charge is 2.17. The predicted molar refractivity (Wildman–Crippen MR) is 90.3 cm³/mol. The molecule has 3 N–H and O–H groups in total. The third-order valence-electron chi connectivity index (χ3n) is 3.32. The molecule has 0 atom stereocenters. The molecule has 0 saturated heterocycles. The summed E-state index contributed by atoms with van der Waals surface area (Å²) in [4.78, 5) is 4.41. The molecule has 0 aliphatic heterocycles. The van der Waals surface area contributed by atoms with Crippen molar-refractivity contribution in [3.8, 4) is 0 Å². The summed E-state index contributed by atoms with van der Waals surface area (Å²) in [5.74, 6) is 0. The Morgan fingerprint density at radius 3 is 1.78 bits per heavy atom. The Morgan fingerprint density at radius 2 is 1.22 bits per heavy atom. The van der Waals surface area contributed by atoms with Gasteiger partial charge in [-0.15, -0.1) is 0 Å². The van der Waals surface area contributed by atoms with Gasteiger partial charge in [-0.3, -0.25) is 4.98 Å². The van der Waals surface area contributed by atoms with E-state index in [0.717, 1.165) is 11.4 Å². The number of nitrogens with one attached hydrogen (secondary N) is 1. The first kappa shape index (κ1) is 15.1. The van der Waals surface area contributed by atoms with E-state index in [1.54, 1.807) is 48.8 Å². The van der Waals surface area contributed by atoms with E-state index in [1.165, 1.54) is 12.1 Å². The number of rotatable bonds is 4. The van der Waals surface area contributed by atoms with Crippen LogP contribution in [0.5, 0.6) is 0 Å². The Hall–Kier alpha value is -2.86. The van der Waals surface area contributed by atoms with Crippen LogP contribution in [0, 0.1) is 0 Å². The number of nitrogens with two attached hydrogens (primary N) is 1. The molecule has 5 nitrogen and oxygen atoms in total. The predicted octanol–water partition coefficient (Wildman–Crippen LogP) is 3.24. The van der Waals surface area contributed by atoms with Gasteiger partial charge in [0.25, 0.3) is 0 Å². The third kappa shape index (κ3) is 3.32. The minimum Gasteiger partial charge on any atom is -0.399 e. The molecule has 3 rings (SSSR count). The van der Waals surface area contributed by atoms with Gasteiger partial charge in [0.15, 0.2) is 0 Å². The van der Waals surface area contributed by atoms with Crippen LogP contribution in [0.25, 0.3) is 0 Å². The van der Waals surface area contributed by atoms with E-state index in [1.807, 2.05) is 12.1 Å². The standard InChI is InChI=1S/C17H15N3O2S/c18-13-1-5-16(6-2-13)23(21,22)17-7-3-14(4-8-17)20-15-9-11-19-12-10-15/h1-12H,18H2,(H,19,20). The zero-order valence-electron chi connectivity index (χ0n) is 12.2. The van der Waals surface area contributed by atoms with Crippen LogP contribution < -0.4 is 11.1 Å². The highest BCUT2D eigenvalue weighted by atomic mass is 32.2. The zero-order valence-corrected chi connectivity index (χ0v) is 13.0.